The second kappa shape index (κ2) is 4.39. The van der Waals surface area contributed by atoms with E-state index in [2.05, 4.69) is 9.97 Å². The zero-order valence-electron chi connectivity index (χ0n) is 10.7. The van der Waals surface area contributed by atoms with E-state index in [1.807, 2.05) is 18.2 Å². The van der Waals surface area contributed by atoms with E-state index in [1.54, 1.807) is 32.5 Å². The van der Waals surface area contributed by atoms with Crippen molar-refractivity contribution in [1.29, 1.82) is 0 Å². The van der Waals surface area contributed by atoms with E-state index in [0.29, 0.717) is 28.0 Å². The minimum Gasteiger partial charge on any atom is -0.496 e. The standard InChI is InChI=1S/C15H13FN2O/c1-9-4-3-5-10(14(9)16)13-12(19-2)7-6-11-15(13)18-8-17-11/h3-8H,1-2H3,(H,17,18). The summed E-state index contributed by atoms with van der Waals surface area (Å²) in [7, 11) is 1.57. The van der Waals surface area contributed by atoms with Gasteiger partial charge in [0.1, 0.15) is 11.6 Å². The zero-order valence-corrected chi connectivity index (χ0v) is 10.7. The molecule has 0 amide bonds. The number of hydrogen-bond acceptors (Lipinski definition) is 2. The third-order valence-electron chi connectivity index (χ3n) is 3.23. The van der Waals surface area contributed by atoms with Gasteiger partial charge >= 0.3 is 0 Å². The molecule has 1 N–H and O–H groups in total. The molecule has 0 saturated carbocycles. The first-order valence-corrected chi connectivity index (χ1v) is 5.98. The lowest BCUT2D eigenvalue weighted by Crippen LogP contribution is -1.93. The molecule has 0 aliphatic heterocycles. The predicted octanol–water partition coefficient (Wildman–Crippen LogP) is 3.69. The van der Waals surface area contributed by atoms with Crippen LogP contribution in [0.25, 0.3) is 22.2 Å². The highest BCUT2D eigenvalue weighted by Gasteiger charge is 2.16. The summed E-state index contributed by atoms with van der Waals surface area (Å²) in [5.41, 5.74) is 3.37. The molecule has 0 aliphatic carbocycles. The molecule has 96 valence electrons. The van der Waals surface area contributed by atoms with Crippen molar-refractivity contribution in [3.63, 3.8) is 0 Å². The van der Waals surface area contributed by atoms with Crippen LogP contribution in [0.3, 0.4) is 0 Å². The van der Waals surface area contributed by atoms with E-state index in [0.717, 1.165) is 5.52 Å². The Hall–Kier alpha value is -2.36. The quantitative estimate of drug-likeness (QED) is 0.759. The molecule has 0 saturated heterocycles. The van der Waals surface area contributed by atoms with Crippen molar-refractivity contribution in [1.82, 2.24) is 9.97 Å². The number of fused-ring (bicyclic) bond motifs is 1. The molecular formula is C15H13FN2O. The number of nitrogens with one attached hydrogen (secondary N) is 1. The third kappa shape index (κ3) is 1.76. The molecule has 1 heterocycles. The van der Waals surface area contributed by atoms with Gasteiger partial charge in [0.25, 0.3) is 0 Å². The van der Waals surface area contributed by atoms with Crippen molar-refractivity contribution in [3.05, 3.63) is 48.0 Å². The molecule has 0 bridgehead atoms. The SMILES string of the molecule is COc1ccc2[nH]cnc2c1-c1cccc(C)c1F. The summed E-state index contributed by atoms with van der Waals surface area (Å²) in [5.74, 6) is 0.375. The molecule has 0 radical (unpaired) electrons. The Morgan fingerprint density at radius 2 is 2.05 bits per heavy atom. The molecule has 0 atom stereocenters. The average Bonchev–Trinajstić information content (AvgIpc) is 2.89. The Balaban J connectivity index is 2.40. The van der Waals surface area contributed by atoms with Gasteiger partial charge in [-0.1, -0.05) is 18.2 Å². The maximum atomic E-state index is 14.3. The topological polar surface area (TPSA) is 37.9 Å². The Bertz CT molecular complexity index is 749. The minimum absolute atomic E-state index is 0.240. The Labute approximate surface area is 110 Å². The highest BCUT2D eigenvalue weighted by atomic mass is 19.1. The molecule has 1 aromatic heterocycles. The number of rotatable bonds is 2. The fourth-order valence-electron chi connectivity index (χ4n) is 2.26. The fraction of sp³-hybridized carbons (Fsp3) is 0.133. The van der Waals surface area contributed by atoms with Crippen LogP contribution in [0, 0.1) is 12.7 Å². The van der Waals surface area contributed by atoms with Gasteiger partial charge in [0.2, 0.25) is 0 Å². The summed E-state index contributed by atoms with van der Waals surface area (Å²) in [6.45, 7) is 1.75. The predicted molar refractivity (Wildman–Crippen MR) is 72.8 cm³/mol. The zero-order chi connectivity index (χ0) is 13.4. The van der Waals surface area contributed by atoms with Gasteiger partial charge in [0.05, 0.1) is 30.0 Å². The summed E-state index contributed by atoms with van der Waals surface area (Å²) >= 11 is 0. The van der Waals surface area contributed by atoms with Crippen LogP contribution in [0.5, 0.6) is 5.75 Å². The van der Waals surface area contributed by atoms with Crippen molar-refractivity contribution in [2.45, 2.75) is 6.92 Å². The number of halogens is 1. The smallest absolute Gasteiger partial charge is 0.134 e. The van der Waals surface area contributed by atoms with Crippen LogP contribution in [-0.4, -0.2) is 17.1 Å². The largest absolute Gasteiger partial charge is 0.496 e. The molecule has 0 unspecified atom stereocenters. The molecule has 3 aromatic rings. The van der Waals surface area contributed by atoms with Gasteiger partial charge < -0.3 is 9.72 Å². The summed E-state index contributed by atoms with van der Waals surface area (Å²) in [6, 6.07) is 9.01. The van der Waals surface area contributed by atoms with Crippen LogP contribution >= 0.6 is 0 Å². The van der Waals surface area contributed by atoms with Gasteiger partial charge in [-0.05, 0) is 24.6 Å². The van der Waals surface area contributed by atoms with Crippen molar-refractivity contribution < 1.29 is 9.13 Å². The van der Waals surface area contributed by atoms with Crippen LogP contribution in [0.2, 0.25) is 0 Å². The summed E-state index contributed by atoms with van der Waals surface area (Å²) in [5, 5.41) is 0. The van der Waals surface area contributed by atoms with Crippen LogP contribution in [-0.2, 0) is 0 Å². The van der Waals surface area contributed by atoms with E-state index < -0.39 is 0 Å². The number of aromatic nitrogens is 2. The number of H-pyrrole nitrogens is 1. The molecule has 0 spiro atoms. The van der Waals surface area contributed by atoms with Crippen molar-refractivity contribution in [2.75, 3.05) is 7.11 Å². The van der Waals surface area contributed by atoms with Crippen molar-refractivity contribution >= 4 is 11.0 Å². The molecule has 2 aromatic carbocycles. The first kappa shape index (κ1) is 11.7. The number of benzene rings is 2. The third-order valence-corrected chi connectivity index (χ3v) is 3.23. The lowest BCUT2D eigenvalue weighted by Gasteiger charge is -2.11. The number of aromatic amines is 1. The van der Waals surface area contributed by atoms with Crippen molar-refractivity contribution in [3.8, 4) is 16.9 Å². The lowest BCUT2D eigenvalue weighted by atomic mass is 10.00. The second-order valence-corrected chi connectivity index (χ2v) is 4.38. The van der Waals surface area contributed by atoms with E-state index in [1.165, 1.54) is 0 Å². The van der Waals surface area contributed by atoms with Crippen LogP contribution in [0.4, 0.5) is 4.39 Å². The molecular weight excluding hydrogens is 243 g/mol. The van der Waals surface area contributed by atoms with Gasteiger partial charge in [0.15, 0.2) is 0 Å². The average molecular weight is 256 g/mol. The number of aryl methyl sites for hydroxylation is 1. The van der Waals surface area contributed by atoms with E-state index >= 15 is 0 Å². The molecule has 4 heteroatoms. The van der Waals surface area contributed by atoms with Gasteiger partial charge in [0, 0.05) is 5.56 Å². The number of hydrogen-bond donors (Lipinski definition) is 1. The summed E-state index contributed by atoms with van der Waals surface area (Å²) in [6.07, 6.45) is 1.60. The Kier molecular flexibility index (Phi) is 2.71. The van der Waals surface area contributed by atoms with Crippen LogP contribution < -0.4 is 4.74 Å². The van der Waals surface area contributed by atoms with Gasteiger partial charge in [-0.15, -0.1) is 0 Å². The summed E-state index contributed by atoms with van der Waals surface area (Å²) < 4.78 is 19.7. The van der Waals surface area contributed by atoms with E-state index in [4.69, 9.17) is 4.74 Å². The number of nitrogens with zero attached hydrogens (tertiary/aromatic N) is 1. The lowest BCUT2D eigenvalue weighted by molar-refractivity contribution is 0.416. The number of ether oxygens (including phenoxy) is 1. The molecule has 0 aliphatic rings. The highest BCUT2D eigenvalue weighted by Crippen LogP contribution is 2.37. The van der Waals surface area contributed by atoms with Gasteiger partial charge in [-0.25, -0.2) is 9.37 Å². The first-order chi connectivity index (χ1) is 9.22. The number of imidazole rings is 1. The summed E-state index contributed by atoms with van der Waals surface area (Å²) in [4.78, 5) is 7.30. The Morgan fingerprint density at radius 3 is 2.84 bits per heavy atom. The first-order valence-electron chi connectivity index (χ1n) is 5.98. The van der Waals surface area contributed by atoms with E-state index in [9.17, 15) is 4.39 Å². The van der Waals surface area contributed by atoms with Gasteiger partial charge in [-0.3, -0.25) is 0 Å². The van der Waals surface area contributed by atoms with Crippen molar-refractivity contribution in [2.24, 2.45) is 0 Å². The highest BCUT2D eigenvalue weighted by molar-refractivity contribution is 5.95. The van der Waals surface area contributed by atoms with Crippen LogP contribution in [0.1, 0.15) is 5.56 Å². The number of methoxy groups -OCH3 is 1. The normalized spacial score (nSPS) is 10.9. The maximum Gasteiger partial charge on any atom is 0.134 e. The molecule has 3 nitrogen and oxygen atoms in total. The van der Waals surface area contributed by atoms with Gasteiger partial charge in [-0.2, -0.15) is 0 Å². The molecule has 0 fully saturated rings. The van der Waals surface area contributed by atoms with E-state index in [-0.39, 0.29) is 5.82 Å². The monoisotopic (exact) mass is 256 g/mol. The molecule has 19 heavy (non-hydrogen) atoms. The maximum absolute atomic E-state index is 14.3. The minimum atomic E-state index is -0.240. The second-order valence-electron chi connectivity index (χ2n) is 4.38. The Morgan fingerprint density at radius 1 is 1.21 bits per heavy atom. The fourth-order valence-corrected chi connectivity index (χ4v) is 2.26. The molecule has 3 rings (SSSR count). The van der Waals surface area contributed by atoms with Crippen LogP contribution in [0.15, 0.2) is 36.7 Å².